The molecule has 0 radical (unpaired) electrons. The molecule has 3 rings (SSSR count). The zero-order chi connectivity index (χ0) is 33.7. The van der Waals surface area contributed by atoms with Crippen molar-refractivity contribution in [2.45, 2.75) is 191 Å². The van der Waals surface area contributed by atoms with Crippen LogP contribution in [0, 0.1) is 30.6 Å². The average molecular weight is 778 g/mol. The van der Waals surface area contributed by atoms with E-state index in [1.165, 1.54) is 118 Å². The maximum absolute atomic E-state index is 7.46. The van der Waals surface area contributed by atoms with Gasteiger partial charge in [-0.1, -0.05) is 0 Å². The molecule has 0 aliphatic carbocycles. The van der Waals surface area contributed by atoms with Gasteiger partial charge in [0.25, 0.3) is 0 Å². The summed E-state index contributed by atoms with van der Waals surface area (Å²) in [4.78, 5) is 4.49. The molecule has 1 nitrogen and oxygen atoms in total. The molecule has 0 bridgehead atoms. The number of aryl methyl sites for hydroxylation is 1. The summed E-state index contributed by atoms with van der Waals surface area (Å²) in [7, 11) is 0. The first kappa shape index (κ1) is 40.4. The van der Waals surface area contributed by atoms with Crippen LogP contribution in [0.25, 0.3) is 9.75 Å². The van der Waals surface area contributed by atoms with E-state index in [-0.39, 0.29) is 5.60 Å². The molecule has 1 aliphatic heterocycles. The molecular formula is C42H74OS2Sn. The number of hydrogen-bond donors (Lipinski definition) is 0. The van der Waals surface area contributed by atoms with E-state index in [1.54, 1.807) is 23.8 Å². The van der Waals surface area contributed by atoms with Gasteiger partial charge in [0.15, 0.2) is 0 Å². The molecule has 4 heteroatoms. The Morgan fingerprint density at radius 1 is 0.630 bits per heavy atom. The van der Waals surface area contributed by atoms with Crippen molar-refractivity contribution in [3.8, 4) is 15.5 Å². The van der Waals surface area contributed by atoms with Gasteiger partial charge in [0.1, 0.15) is 0 Å². The molecule has 0 saturated heterocycles. The van der Waals surface area contributed by atoms with Gasteiger partial charge in [-0.05, 0) is 0 Å². The third-order valence-electron chi connectivity index (χ3n) is 11.1. The Balaban J connectivity index is 2.07. The summed E-state index contributed by atoms with van der Waals surface area (Å²) in [6.07, 6.45) is 21.4. The summed E-state index contributed by atoms with van der Waals surface area (Å²) in [6.45, 7) is 24.1. The van der Waals surface area contributed by atoms with Crippen molar-refractivity contribution < 1.29 is 4.74 Å². The number of fused-ring (bicyclic) bond motifs is 3. The van der Waals surface area contributed by atoms with Crippen LogP contribution in [-0.2, 0) is 5.60 Å². The van der Waals surface area contributed by atoms with E-state index in [0.717, 1.165) is 23.7 Å². The minimum absolute atomic E-state index is 0.166. The van der Waals surface area contributed by atoms with Gasteiger partial charge in [-0.2, -0.15) is 0 Å². The molecule has 1 aliphatic rings. The van der Waals surface area contributed by atoms with Crippen LogP contribution < -0.4 is 7.63 Å². The molecule has 2 unspecified atom stereocenters. The topological polar surface area (TPSA) is 9.23 Å². The molecule has 2 aromatic heterocycles. The van der Waals surface area contributed by atoms with Crippen LogP contribution in [0.1, 0.15) is 175 Å². The van der Waals surface area contributed by atoms with E-state index in [0.29, 0.717) is 0 Å². The van der Waals surface area contributed by atoms with Crippen LogP contribution in [-0.4, -0.2) is 18.4 Å². The summed E-state index contributed by atoms with van der Waals surface area (Å²) in [5, 5.41) is 0. The van der Waals surface area contributed by atoms with Gasteiger partial charge >= 0.3 is 301 Å². The standard InChI is InChI=1S/C30H47OS2.3C4H9.Sn/c1-21(2)10-8-12-23(5)14-17-30(18-15-24(6)13-9-11-22(3)4)26-16-19-32-28(26)29-27(31-30)20-25(7)33-29;3*1-3-4-2;/h16,20-24H,8-15,17-18H2,1-7H3;3*1,3-4H2,2H3;. The third kappa shape index (κ3) is 11.5. The van der Waals surface area contributed by atoms with E-state index >= 15 is 0 Å². The van der Waals surface area contributed by atoms with Gasteiger partial charge in [-0.15, -0.1) is 0 Å². The third-order valence-corrected chi connectivity index (χ3v) is 31.7. The van der Waals surface area contributed by atoms with Crippen molar-refractivity contribution in [1.29, 1.82) is 0 Å². The Morgan fingerprint density at radius 3 is 1.59 bits per heavy atom. The summed E-state index contributed by atoms with van der Waals surface area (Å²) in [5.41, 5.74) is 1.46. The zero-order valence-corrected chi connectivity index (χ0v) is 36.6. The van der Waals surface area contributed by atoms with Gasteiger partial charge in [0, 0.05) is 0 Å². The first-order valence-electron chi connectivity index (χ1n) is 19.9. The quantitative estimate of drug-likeness (QED) is 0.0965. The Kier molecular flexibility index (Phi) is 17.6. The number of hydrogen-bond acceptors (Lipinski definition) is 3. The predicted octanol–water partition coefficient (Wildman–Crippen LogP) is 14.9. The first-order chi connectivity index (χ1) is 22.0. The number of rotatable bonds is 24. The van der Waals surface area contributed by atoms with E-state index in [2.05, 4.69) is 92.7 Å². The second kappa shape index (κ2) is 20.0. The fourth-order valence-electron chi connectivity index (χ4n) is 7.93. The second-order valence-corrected chi connectivity index (χ2v) is 33.0. The molecule has 0 fully saturated rings. The van der Waals surface area contributed by atoms with E-state index in [4.69, 9.17) is 4.74 Å². The molecule has 0 aromatic carbocycles. The van der Waals surface area contributed by atoms with Crippen LogP contribution in [0.3, 0.4) is 0 Å². The number of ether oxygens (including phenoxy) is 1. The van der Waals surface area contributed by atoms with Crippen LogP contribution >= 0.6 is 22.7 Å². The van der Waals surface area contributed by atoms with Gasteiger partial charge < -0.3 is 0 Å². The predicted molar refractivity (Wildman–Crippen MR) is 213 cm³/mol. The molecule has 264 valence electrons. The SMILES string of the molecule is CCC[CH2][Sn]([CH2]CCC)([CH2]CCC)[c]1cc2c(s1)-c1sc(C)cc1OC2(CCC(C)CCCC(C)C)CCC(C)CCCC(C)C. The van der Waals surface area contributed by atoms with Crippen molar-refractivity contribution in [2.75, 3.05) is 0 Å². The van der Waals surface area contributed by atoms with Crippen molar-refractivity contribution in [2.24, 2.45) is 23.7 Å². The maximum atomic E-state index is 7.46. The summed E-state index contributed by atoms with van der Waals surface area (Å²) in [6, 6.07) is 5.22. The number of unbranched alkanes of at least 4 members (excludes halogenated alkanes) is 3. The monoisotopic (exact) mass is 778 g/mol. The van der Waals surface area contributed by atoms with E-state index in [9.17, 15) is 0 Å². The average Bonchev–Trinajstić information content (AvgIpc) is 3.62. The second-order valence-electron chi connectivity index (χ2n) is 16.5. The van der Waals surface area contributed by atoms with Crippen molar-refractivity contribution >= 4 is 43.9 Å². The fourth-order valence-corrected chi connectivity index (χ4v) is 29.4. The van der Waals surface area contributed by atoms with Crippen LogP contribution in [0.15, 0.2) is 12.1 Å². The molecule has 2 aromatic rings. The van der Waals surface area contributed by atoms with Gasteiger partial charge in [0.2, 0.25) is 0 Å². The first-order valence-corrected chi connectivity index (χ1v) is 29.0. The molecule has 3 heterocycles. The van der Waals surface area contributed by atoms with Gasteiger partial charge in [-0.3, -0.25) is 0 Å². The molecule has 0 spiro atoms. The molecule has 46 heavy (non-hydrogen) atoms. The Labute approximate surface area is 299 Å². The summed E-state index contributed by atoms with van der Waals surface area (Å²) in [5.74, 6) is 4.34. The molecule has 0 amide bonds. The molecule has 0 saturated carbocycles. The van der Waals surface area contributed by atoms with Gasteiger partial charge in [-0.25, -0.2) is 0 Å². The van der Waals surface area contributed by atoms with Crippen LogP contribution in [0.4, 0.5) is 0 Å². The van der Waals surface area contributed by atoms with Gasteiger partial charge in [0.05, 0.1) is 0 Å². The normalized spacial score (nSPS) is 17.7. The summed E-state index contributed by atoms with van der Waals surface area (Å²) >= 11 is 1.69. The van der Waals surface area contributed by atoms with Crippen molar-refractivity contribution in [3.63, 3.8) is 0 Å². The van der Waals surface area contributed by atoms with E-state index < -0.39 is 18.4 Å². The van der Waals surface area contributed by atoms with Crippen LogP contribution in [0.2, 0.25) is 13.3 Å². The minimum atomic E-state index is -2.59. The summed E-state index contributed by atoms with van der Waals surface area (Å²) < 4.78 is 14.0. The van der Waals surface area contributed by atoms with Crippen molar-refractivity contribution in [3.05, 3.63) is 22.6 Å². The zero-order valence-electron chi connectivity index (χ0n) is 32.1. The van der Waals surface area contributed by atoms with Crippen molar-refractivity contribution in [1.82, 2.24) is 0 Å². The Hall–Kier alpha value is -0.00130. The Bertz CT molecular complexity index is 1080. The van der Waals surface area contributed by atoms with Crippen LogP contribution in [0.5, 0.6) is 5.75 Å². The number of thiophene rings is 2. The van der Waals surface area contributed by atoms with E-state index in [1.807, 2.05) is 14.2 Å². The molecule has 0 N–H and O–H groups in total. The Morgan fingerprint density at radius 2 is 1.13 bits per heavy atom. The molecule has 2 atom stereocenters. The fraction of sp³-hybridized carbons (Fsp3) is 0.810. The molecular weight excluding hydrogens is 703 g/mol.